The van der Waals surface area contributed by atoms with Gasteiger partial charge in [-0.15, -0.1) is 0 Å². The molecule has 0 saturated carbocycles. The molecule has 0 aromatic heterocycles. The Hall–Kier alpha value is -1.55. The zero-order valence-corrected chi connectivity index (χ0v) is 10.1. The minimum Gasteiger partial charge on any atom is -0.459 e. The second-order valence-corrected chi connectivity index (χ2v) is 4.53. The lowest BCUT2D eigenvalue weighted by Gasteiger charge is -2.28. The lowest BCUT2D eigenvalue weighted by atomic mass is 10.1. The Balaban J connectivity index is 1.93. The van der Waals surface area contributed by atoms with Gasteiger partial charge in [-0.25, -0.2) is 4.79 Å². The minimum atomic E-state index is -0.271. The lowest BCUT2D eigenvalue weighted by Crippen LogP contribution is -2.35. The van der Waals surface area contributed by atoms with Crippen LogP contribution in [0.25, 0.3) is 0 Å². The predicted octanol–water partition coefficient (Wildman–Crippen LogP) is 1.52. The van der Waals surface area contributed by atoms with E-state index in [0.717, 1.165) is 25.9 Å². The highest BCUT2D eigenvalue weighted by molar-refractivity contribution is 5.90. The van der Waals surface area contributed by atoms with Crippen molar-refractivity contribution in [2.75, 3.05) is 25.9 Å². The monoisotopic (exact) mass is 234 g/mol. The fourth-order valence-corrected chi connectivity index (χ4v) is 1.99. The Kier molecular flexibility index (Phi) is 3.64. The second-order valence-electron chi connectivity index (χ2n) is 4.53. The molecular weight excluding hydrogens is 216 g/mol. The molecule has 4 nitrogen and oxygen atoms in total. The number of hydrogen-bond acceptors (Lipinski definition) is 4. The molecule has 2 rings (SSSR count). The largest absolute Gasteiger partial charge is 0.459 e. The molecule has 1 heterocycles. The van der Waals surface area contributed by atoms with Crippen molar-refractivity contribution >= 4 is 11.7 Å². The summed E-state index contributed by atoms with van der Waals surface area (Å²) in [6, 6.07) is 6.90. The zero-order valence-electron chi connectivity index (χ0n) is 10.1. The molecule has 1 fully saturated rings. The average molecular weight is 234 g/mol. The zero-order chi connectivity index (χ0) is 12.3. The van der Waals surface area contributed by atoms with Gasteiger partial charge in [-0.3, -0.25) is 0 Å². The third-order valence-electron chi connectivity index (χ3n) is 3.06. The van der Waals surface area contributed by atoms with Crippen LogP contribution in [0, 0.1) is 0 Å². The van der Waals surface area contributed by atoms with Gasteiger partial charge in [0.1, 0.15) is 6.10 Å². The van der Waals surface area contributed by atoms with Crippen molar-refractivity contribution in [3.63, 3.8) is 0 Å². The van der Waals surface area contributed by atoms with E-state index in [9.17, 15) is 4.79 Å². The summed E-state index contributed by atoms with van der Waals surface area (Å²) >= 11 is 0. The Morgan fingerprint density at radius 1 is 1.41 bits per heavy atom. The molecule has 17 heavy (non-hydrogen) atoms. The number of piperidine rings is 1. The summed E-state index contributed by atoms with van der Waals surface area (Å²) in [6.07, 6.45) is 1.86. The normalized spacial score (nSPS) is 17.9. The van der Waals surface area contributed by atoms with Gasteiger partial charge in [0.2, 0.25) is 0 Å². The van der Waals surface area contributed by atoms with Crippen LogP contribution in [0.1, 0.15) is 23.2 Å². The lowest BCUT2D eigenvalue weighted by molar-refractivity contribution is 0.0139. The molecule has 0 radical (unpaired) electrons. The average Bonchev–Trinajstić information content (AvgIpc) is 2.32. The summed E-state index contributed by atoms with van der Waals surface area (Å²) in [5.41, 5.74) is 6.75. The van der Waals surface area contributed by atoms with E-state index in [4.69, 9.17) is 10.5 Å². The first kappa shape index (κ1) is 11.9. The molecule has 1 aromatic rings. The van der Waals surface area contributed by atoms with Gasteiger partial charge in [-0.05, 0) is 38.1 Å². The number of nitrogen functional groups attached to an aromatic ring is 1. The van der Waals surface area contributed by atoms with E-state index in [-0.39, 0.29) is 12.1 Å². The third kappa shape index (κ3) is 3.20. The number of nitrogens with zero attached hydrogens (tertiary/aromatic N) is 1. The number of likely N-dealkylation sites (tertiary alicyclic amines) is 1. The molecule has 0 unspecified atom stereocenters. The number of esters is 1. The molecule has 0 aliphatic carbocycles. The van der Waals surface area contributed by atoms with Gasteiger partial charge in [0, 0.05) is 18.8 Å². The smallest absolute Gasteiger partial charge is 0.338 e. The fourth-order valence-electron chi connectivity index (χ4n) is 1.99. The molecule has 1 saturated heterocycles. The van der Waals surface area contributed by atoms with Gasteiger partial charge in [0.25, 0.3) is 0 Å². The van der Waals surface area contributed by atoms with Gasteiger partial charge in [0.05, 0.1) is 5.56 Å². The number of rotatable bonds is 2. The van der Waals surface area contributed by atoms with E-state index in [1.165, 1.54) is 0 Å². The Bertz CT molecular complexity index is 398. The molecular formula is C13H18N2O2. The molecule has 0 bridgehead atoms. The molecule has 4 heteroatoms. The highest BCUT2D eigenvalue weighted by Crippen LogP contribution is 2.15. The molecule has 0 spiro atoms. The number of nitrogens with two attached hydrogens (primary N) is 1. The number of benzene rings is 1. The Morgan fingerprint density at radius 2 is 2.12 bits per heavy atom. The fraction of sp³-hybridized carbons (Fsp3) is 0.462. The highest BCUT2D eigenvalue weighted by Gasteiger charge is 2.20. The van der Waals surface area contributed by atoms with E-state index >= 15 is 0 Å². The van der Waals surface area contributed by atoms with Crippen LogP contribution in [-0.4, -0.2) is 37.1 Å². The number of carbonyl (C=O) groups is 1. The van der Waals surface area contributed by atoms with Crippen LogP contribution in [-0.2, 0) is 4.74 Å². The van der Waals surface area contributed by atoms with Crippen LogP contribution < -0.4 is 5.73 Å². The summed E-state index contributed by atoms with van der Waals surface area (Å²) in [6.45, 7) is 1.96. The van der Waals surface area contributed by atoms with Crippen LogP contribution in [0.3, 0.4) is 0 Å². The van der Waals surface area contributed by atoms with Gasteiger partial charge in [-0.1, -0.05) is 6.07 Å². The predicted molar refractivity (Wildman–Crippen MR) is 66.8 cm³/mol. The van der Waals surface area contributed by atoms with Crippen molar-refractivity contribution in [2.24, 2.45) is 0 Å². The van der Waals surface area contributed by atoms with E-state index in [0.29, 0.717) is 11.3 Å². The van der Waals surface area contributed by atoms with E-state index in [1.807, 2.05) is 0 Å². The van der Waals surface area contributed by atoms with Gasteiger partial charge in [-0.2, -0.15) is 0 Å². The SMILES string of the molecule is CN1CCC(OC(=O)c2cccc(N)c2)CC1. The second kappa shape index (κ2) is 5.19. The first-order chi connectivity index (χ1) is 8.15. The van der Waals surface area contributed by atoms with Crippen molar-refractivity contribution in [3.05, 3.63) is 29.8 Å². The van der Waals surface area contributed by atoms with Crippen LogP contribution in [0.5, 0.6) is 0 Å². The van der Waals surface area contributed by atoms with Crippen LogP contribution >= 0.6 is 0 Å². The molecule has 92 valence electrons. The molecule has 0 atom stereocenters. The maximum absolute atomic E-state index is 11.9. The minimum absolute atomic E-state index is 0.0418. The van der Waals surface area contributed by atoms with Crippen LogP contribution in [0.4, 0.5) is 5.69 Å². The quantitative estimate of drug-likeness (QED) is 0.622. The number of carbonyl (C=O) groups excluding carboxylic acids is 1. The standard InChI is InChI=1S/C13H18N2O2/c1-15-7-5-12(6-8-15)17-13(16)10-3-2-4-11(14)9-10/h2-4,9,12H,5-8,14H2,1H3. The van der Waals surface area contributed by atoms with Crippen molar-refractivity contribution < 1.29 is 9.53 Å². The number of anilines is 1. The van der Waals surface area contributed by atoms with Gasteiger partial charge in [0.15, 0.2) is 0 Å². The van der Waals surface area contributed by atoms with Crippen LogP contribution in [0.2, 0.25) is 0 Å². The summed E-state index contributed by atoms with van der Waals surface area (Å²) < 4.78 is 5.46. The summed E-state index contributed by atoms with van der Waals surface area (Å²) in [4.78, 5) is 14.1. The van der Waals surface area contributed by atoms with E-state index in [1.54, 1.807) is 24.3 Å². The molecule has 1 aliphatic rings. The van der Waals surface area contributed by atoms with Crippen molar-refractivity contribution in [1.82, 2.24) is 4.90 Å². The number of ether oxygens (including phenoxy) is 1. The topological polar surface area (TPSA) is 55.6 Å². The Labute approximate surface area is 101 Å². The summed E-state index contributed by atoms with van der Waals surface area (Å²) in [7, 11) is 2.08. The first-order valence-electron chi connectivity index (χ1n) is 5.90. The highest BCUT2D eigenvalue weighted by atomic mass is 16.5. The first-order valence-corrected chi connectivity index (χ1v) is 5.90. The summed E-state index contributed by atoms with van der Waals surface area (Å²) in [5, 5.41) is 0. The van der Waals surface area contributed by atoms with Crippen molar-refractivity contribution in [3.8, 4) is 0 Å². The Morgan fingerprint density at radius 3 is 2.76 bits per heavy atom. The molecule has 1 aromatic carbocycles. The molecule has 0 amide bonds. The molecule has 2 N–H and O–H groups in total. The number of hydrogen-bond donors (Lipinski definition) is 1. The van der Waals surface area contributed by atoms with Crippen LogP contribution in [0.15, 0.2) is 24.3 Å². The summed E-state index contributed by atoms with van der Waals surface area (Å²) in [5.74, 6) is -0.271. The molecule has 1 aliphatic heterocycles. The van der Waals surface area contributed by atoms with E-state index < -0.39 is 0 Å². The van der Waals surface area contributed by atoms with Gasteiger partial charge < -0.3 is 15.4 Å². The third-order valence-corrected chi connectivity index (χ3v) is 3.06. The van der Waals surface area contributed by atoms with Gasteiger partial charge >= 0.3 is 5.97 Å². The van der Waals surface area contributed by atoms with E-state index in [2.05, 4.69) is 11.9 Å². The maximum Gasteiger partial charge on any atom is 0.338 e. The van der Waals surface area contributed by atoms with Crippen molar-refractivity contribution in [2.45, 2.75) is 18.9 Å². The van der Waals surface area contributed by atoms with Crippen molar-refractivity contribution in [1.29, 1.82) is 0 Å². The maximum atomic E-state index is 11.9.